The molecule has 1 saturated heterocycles. The molecule has 1 aliphatic heterocycles. The van der Waals surface area contributed by atoms with E-state index in [0.717, 1.165) is 0 Å². The number of piperazine rings is 1. The summed E-state index contributed by atoms with van der Waals surface area (Å²) < 4.78 is 40.1. The molecule has 120 valence electrons. The zero-order valence-corrected chi connectivity index (χ0v) is 13.2. The van der Waals surface area contributed by atoms with Crippen molar-refractivity contribution in [2.24, 2.45) is 0 Å². The Hall–Kier alpha value is -1.48. The van der Waals surface area contributed by atoms with Crippen LogP contribution in [0.1, 0.15) is 11.6 Å². The molecule has 0 bridgehead atoms. The summed E-state index contributed by atoms with van der Waals surface area (Å²) in [5, 5.41) is 3.19. The molecule has 9 heteroatoms. The highest BCUT2D eigenvalue weighted by molar-refractivity contribution is 7.89. The number of aromatic amines is 1. The van der Waals surface area contributed by atoms with Crippen LogP contribution in [0.4, 0.5) is 4.39 Å². The highest BCUT2D eigenvalue weighted by Gasteiger charge is 2.35. The van der Waals surface area contributed by atoms with Crippen molar-refractivity contribution in [1.29, 1.82) is 0 Å². The number of nitrogens with zero attached hydrogens (tertiary/aromatic N) is 2. The van der Waals surface area contributed by atoms with E-state index < -0.39 is 16.1 Å². The zero-order chi connectivity index (χ0) is 14.9. The molecule has 2 N–H and O–H groups in total. The summed E-state index contributed by atoms with van der Waals surface area (Å²) in [6, 6.07) is 5.58. The number of halogens is 2. The normalized spacial score (nSPS) is 19.6. The monoisotopic (exact) mass is 346 g/mol. The van der Waals surface area contributed by atoms with Crippen LogP contribution < -0.4 is 5.32 Å². The third-order valence-electron chi connectivity index (χ3n) is 3.49. The Bertz CT molecular complexity index is 723. The summed E-state index contributed by atoms with van der Waals surface area (Å²) >= 11 is 0. The molecule has 0 spiro atoms. The van der Waals surface area contributed by atoms with Gasteiger partial charge >= 0.3 is 0 Å². The molecule has 2 heterocycles. The number of H-pyrrole nitrogens is 1. The Kier molecular flexibility index (Phi) is 5.17. The minimum Gasteiger partial charge on any atom is -0.335 e. The number of imidazole rings is 1. The van der Waals surface area contributed by atoms with Gasteiger partial charge in [0.05, 0.1) is 18.6 Å². The van der Waals surface area contributed by atoms with Crippen molar-refractivity contribution in [3.63, 3.8) is 0 Å². The third kappa shape index (κ3) is 3.14. The van der Waals surface area contributed by atoms with Crippen LogP contribution in [0, 0.1) is 5.82 Å². The average molecular weight is 347 g/mol. The molecule has 3 rings (SSSR count). The van der Waals surface area contributed by atoms with Gasteiger partial charge in [-0.3, -0.25) is 0 Å². The maximum absolute atomic E-state index is 13.4. The fourth-order valence-corrected chi connectivity index (χ4v) is 3.99. The molecule has 2 aromatic rings. The first-order valence-electron chi connectivity index (χ1n) is 6.55. The van der Waals surface area contributed by atoms with E-state index in [1.807, 2.05) is 0 Å². The Morgan fingerprint density at radius 3 is 2.86 bits per heavy atom. The number of rotatable bonds is 3. The van der Waals surface area contributed by atoms with Crippen LogP contribution in [0.15, 0.2) is 41.8 Å². The molecule has 1 aromatic heterocycles. The number of hydrogen-bond donors (Lipinski definition) is 2. The van der Waals surface area contributed by atoms with Gasteiger partial charge in [-0.2, -0.15) is 4.31 Å². The van der Waals surface area contributed by atoms with E-state index in [1.165, 1.54) is 29.0 Å². The van der Waals surface area contributed by atoms with E-state index in [2.05, 4.69) is 15.3 Å². The van der Waals surface area contributed by atoms with Crippen molar-refractivity contribution >= 4 is 22.4 Å². The molecule has 1 aromatic carbocycles. The minimum absolute atomic E-state index is 0. The standard InChI is InChI=1S/C13H15FN4O2S.ClH/c14-11-3-1-2-10(6-11)12-7-15-4-5-18(12)21(19,20)13-8-16-9-17-13;/h1-3,6,8-9,12,15H,4-5,7H2,(H,16,17);1H. The molecule has 1 atom stereocenters. The van der Waals surface area contributed by atoms with Crippen molar-refractivity contribution in [3.05, 3.63) is 48.2 Å². The lowest BCUT2D eigenvalue weighted by Crippen LogP contribution is -2.48. The summed E-state index contributed by atoms with van der Waals surface area (Å²) in [5.74, 6) is -0.378. The predicted octanol–water partition coefficient (Wildman–Crippen LogP) is 1.31. The van der Waals surface area contributed by atoms with Gasteiger partial charge in [0.1, 0.15) is 5.82 Å². The molecule has 22 heavy (non-hydrogen) atoms. The van der Waals surface area contributed by atoms with Gasteiger partial charge in [0.2, 0.25) is 0 Å². The second-order valence-electron chi connectivity index (χ2n) is 4.81. The molecule has 1 unspecified atom stereocenters. The number of nitrogens with one attached hydrogen (secondary N) is 2. The Balaban J connectivity index is 0.00000176. The molecular weight excluding hydrogens is 331 g/mol. The Morgan fingerprint density at radius 1 is 1.36 bits per heavy atom. The van der Waals surface area contributed by atoms with E-state index >= 15 is 0 Å². The summed E-state index contributed by atoms with van der Waals surface area (Å²) in [6.07, 6.45) is 2.60. The van der Waals surface area contributed by atoms with Gasteiger partial charge in [0.25, 0.3) is 10.0 Å². The van der Waals surface area contributed by atoms with Crippen LogP contribution in [0.5, 0.6) is 0 Å². The maximum atomic E-state index is 13.4. The summed E-state index contributed by atoms with van der Waals surface area (Å²) in [6.45, 7) is 1.32. The van der Waals surface area contributed by atoms with Crippen molar-refractivity contribution in [1.82, 2.24) is 19.6 Å². The van der Waals surface area contributed by atoms with E-state index in [9.17, 15) is 12.8 Å². The van der Waals surface area contributed by atoms with Crippen LogP contribution in [0.25, 0.3) is 0 Å². The van der Waals surface area contributed by atoms with Crippen molar-refractivity contribution in [3.8, 4) is 0 Å². The molecule has 0 saturated carbocycles. The fraction of sp³-hybridized carbons (Fsp3) is 0.308. The lowest BCUT2D eigenvalue weighted by Gasteiger charge is -2.35. The quantitative estimate of drug-likeness (QED) is 0.878. The number of benzene rings is 1. The molecule has 6 nitrogen and oxygen atoms in total. The number of aromatic nitrogens is 2. The summed E-state index contributed by atoms with van der Waals surface area (Å²) in [4.78, 5) is 6.38. The molecule has 1 fully saturated rings. The zero-order valence-electron chi connectivity index (χ0n) is 11.6. The first-order valence-corrected chi connectivity index (χ1v) is 7.99. The average Bonchev–Trinajstić information content (AvgIpc) is 3.02. The maximum Gasteiger partial charge on any atom is 0.260 e. The van der Waals surface area contributed by atoms with E-state index in [0.29, 0.717) is 25.2 Å². The van der Waals surface area contributed by atoms with Crippen LogP contribution in [-0.4, -0.2) is 42.3 Å². The Morgan fingerprint density at radius 2 is 2.18 bits per heavy atom. The van der Waals surface area contributed by atoms with Crippen molar-refractivity contribution in [2.45, 2.75) is 11.1 Å². The molecule has 0 radical (unpaired) electrons. The Labute approximate surface area is 134 Å². The van der Waals surface area contributed by atoms with E-state index in [-0.39, 0.29) is 23.3 Å². The molecule has 0 amide bonds. The summed E-state index contributed by atoms with van der Waals surface area (Å²) in [5.41, 5.74) is 0.630. The van der Waals surface area contributed by atoms with Crippen LogP contribution in [0.2, 0.25) is 0 Å². The highest BCUT2D eigenvalue weighted by atomic mass is 35.5. The van der Waals surface area contributed by atoms with Gasteiger partial charge in [-0.25, -0.2) is 17.8 Å². The molecule has 1 aliphatic rings. The smallest absolute Gasteiger partial charge is 0.260 e. The van der Waals surface area contributed by atoms with Gasteiger partial charge < -0.3 is 10.3 Å². The van der Waals surface area contributed by atoms with Gasteiger partial charge in [-0.15, -0.1) is 12.4 Å². The second-order valence-corrected chi connectivity index (χ2v) is 6.67. The molecule has 0 aliphatic carbocycles. The summed E-state index contributed by atoms with van der Waals surface area (Å²) in [7, 11) is -3.68. The van der Waals surface area contributed by atoms with Crippen LogP contribution in [0.3, 0.4) is 0 Å². The van der Waals surface area contributed by atoms with E-state index in [4.69, 9.17) is 0 Å². The first-order chi connectivity index (χ1) is 10.1. The molecular formula is C13H16ClFN4O2S. The second kappa shape index (κ2) is 6.74. The van der Waals surface area contributed by atoms with Crippen molar-refractivity contribution in [2.75, 3.05) is 19.6 Å². The third-order valence-corrected chi connectivity index (χ3v) is 5.32. The largest absolute Gasteiger partial charge is 0.335 e. The fourth-order valence-electron chi connectivity index (χ4n) is 2.48. The van der Waals surface area contributed by atoms with Gasteiger partial charge in [-0.1, -0.05) is 12.1 Å². The SMILES string of the molecule is Cl.O=S(=O)(c1cnc[nH]1)N1CCNCC1c1cccc(F)c1. The van der Waals surface area contributed by atoms with Gasteiger partial charge in [-0.05, 0) is 17.7 Å². The van der Waals surface area contributed by atoms with Crippen LogP contribution >= 0.6 is 12.4 Å². The van der Waals surface area contributed by atoms with E-state index in [1.54, 1.807) is 12.1 Å². The topological polar surface area (TPSA) is 78.1 Å². The first kappa shape index (κ1) is 16.9. The lowest BCUT2D eigenvalue weighted by molar-refractivity contribution is 0.270. The number of hydrogen-bond acceptors (Lipinski definition) is 4. The lowest BCUT2D eigenvalue weighted by atomic mass is 10.1. The van der Waals surface area contributed by atoms with Gasteiger partial charge in [0.15, 0.2) is 5.03 Å². The number of sulfonamides is 1. The van der Waals surface area contributed by atoms with Gasteiger partial charge in [0, 0.05) is 19.6 Å². The van der Waals surface area contributed by atoms with Crippen LogP contribution in [-0.2, 0) is 10.0 Å². The minimum atomic E-state index is -3.68. The highest BCUT2D eigenvalue weighted by Crippen LogP contribution is 2.28. The predicted molar refractivity (Wildman–Crippen MR) is 81.7 cm³/mol. The van der Waals surface area contributed by atoms with Crippen molar-refractivity contribution < 1.29 is 12.8 Å².